The second-order valence-electron chi connectivity index (χ2n) is 3.83. The number of pyridine rings is 1. The van der Waals surface area contributed by atoms with E-state index in [9.17, 15) is 4.79 Å². The van der Waals surface area contributed by atoms with Crippen molar-refractivity contribution >= 4 is 28.1 Å². The Hall–Kier alpha value is -2.63. The summed E-state index contributed by atoms with van der Waals surface area (Å²) in [6.45, 7) is 0. The molecule has 2 heterocycles. The van der Waals surface area contributed by atoms with Crippen LogP contribution < -0.4 is 5.73 Å². The molecule has 3 rings (SSSR count). The first-order chi connectivity index (χ1) is 8.74. The summed E-state index contributed by atoms with van der Waals surface area (Å²) >= 11 is 0. The van der Waals surface area contributed by atoms with Crippen LogP contribution in [-0.2, 0) is 4.74 Å². The topological polar surface area (TPSA) is 82.5 Å². The number of esters is 1. The zero-order valence-corrected chi connectivity index (χ0v) is 9.62. The van der Waals surface area contributed by atoms with Gasteiger partial charge in [-0.25, -0.2) is 4.79 Å². The number of anilines is 1. The fourth-order valence-corrected chi connectivity index (χ4v) is 2.08. The third-order valence-electron chi connectivity index (χ3n) is 2.90. The maximum Gasteiger partial charge on any atom is 0.342 e. The molecule has 3 aromatic rings. The van der Waals surface area contributed by atoms with Crippen molar-refractivity contribution in [3.63, 3.8) is 0 Å². The van der Waals surface area contributed by atoms with Crippen LogP contribution in [0.5, 0.6) is 0 Å². The zero-order chi connectivity index (χ0) is 12.7. The second-order valence-corrected chi connectivity index (χ2v) is 3.83. The van der Waals surface area contributed by atoms with Crippen LogP contribution in [0, 0.1) is 0 Å². The molecule has 0 bridgehead atoms. The molecule has 1 aromatic carbocycles. The van der Waals surface area contributed by atoms with Crippen LogP contribution in [-0.4, -0.2) is 27.9 Å². The summed E-state index contributed by atoms with van der Waals surface area (Å²) in [7, 11) is 1.32. The molecule has 0 saturated carbocycles. The van der Waals surface area contributed by atoms with Crippen LogP contribution >= 0.6 is 0 Å². The number of aromatic nitrogens is 3. The summed E-state index contributed by atoms with van der Waals surface area (Å²) in [5, 5.41) is 9.29. The van der Waals surface area contributed by atoms with Gasteiger partial charge in [0.05, 0.1) is 18.8 Å². The number of carbonyl (C=O) groups is 1. The molecule has 0 aliphatic rings. The van der Waals surface area contributed by atoms with E-state index in [-0.39, 0.29) is 5.82 Å². The van der Waals surface area contributed by atoms with Crippen molar-refractivity contribution in [1.29, 1.82) is 0 Å². The maximum absolute atomic E-state index is 11.9. The molecular weight excluding hydrogens is 232 g/mol. The lowest BCUT2D eigenvalue weighted by molar-refractivity contribution is 0.0603. The van der Waals surface area contributed by atoms with E-state index >= 15 is 0 Å². The molecule has 0 fully saturated rings. The van der Waals surface area contributed by atoms with E-state index in [1.54, 1.807) is 6.20 Å². The fourth-order valence-electron chi connectivity index (χ4n) is 2.08. The highest BCUT2D eigenvalue weighted by molar-refractivity contribution is 6.12. The number of hydrogen-bond donors (Lipinski definition) is 1. The molecule has 0 aliphatic heterocycles. The number of hydrogen-bond acceptors (Lipinski definition) is 5. The maximum atomic E-state index is 11.9. The second kappa shape index (κ2) is 3.69. The van der Waals surface area contributed by atoms with Crippen LogP contribution in [0.25, 0.3) is 16.3 Å². The zero-order valence-electron chi connectivity index (χ0n) is 9.62. The van der Waals surface area contributed by atoms with E-state index in [0.717, 1.165) is 16.3 Å². The Morgan fingerprint density at radius 1 is 1.33 bits per heavy atom. The minimum absolute atomic E-state index is 0.230. The Morgan fingerprint density at radius 2 is 2.06 bits per heavy atom. The Morgan fingerprint density at radius 3 is 2.78 bits per heavy atom. The van der Waals surface area contributed by atoms with E-state index in [0.29, 0.717) is 5.56 Å². The number of carbonyl (C=O) groups excluding carboxylic acids is 1. The van der Waals surface area contributed by atoms with E-state index in [4.69, 9.17) is 10.5 Å². The highest BCUT2D eigenvalue weighted by Gasteiger charge is 2.19. The molecule has 0 atom stereocenters. The molecule has 0 spiro atoms. The number of fused-ring (bicyclic) bond motifs is 3. The first-order valence-electron chi connectivity index (χ1n) is 5.33. The van der Waals surface area contributed by atoms with Gasteiger partial charge >= 0.3 is 5.97 Å². The van der Waals surface area contributed by atoms with Crippen molar-refractivity contribution in [3.8, 4) is 0 Å². The lowest BCUT2D eigenvalue weighted by Crippen LogP contribution is -2.11. The minimum Gasteiger partial charge on any atom is -0.465 e. The average molecular weight is 242 g/mol. The van der Waals surface area contributed by atoms with Crippen LogP contribution in [0.4, 0.5) is 5.82 Å². The van der Waals surface area contributed by atoms with Gasteiger partial charge in [0.25, 0.3) is 0 Å². The van der Waals surface area contributed by atoms with Crippen LogP contribution in [0.2, 0.25) is 0 Å². The molecule has 0 unspecified atom stereocenters. The van der Waals surface area contributed by atoms with Gasteiger partial charge in [-0.3, -0.25) is 0 Å². The van der Waals surface area contributed by atoms with E-state index in [1.165, 1.54) is 11.6 Å². The quantitative estimate of drug-likeness (QED) is 0.649. The van der Waals surface area contributed by atoms with E-state index in [1.807, 2.05) is 24.3 Å². The summed E-state index contributed by atoms with van der Waals surface area (Å²) in [5.74, 6) is -0.255. The molecular formula is C12H10N4O2. The Balaban J connectivity index is 2.57. The standard InChI is InChI=1S/C12H10N4O2/c1-18-12(17)10-8-5-3-2-4-7(8)9-6-14-15-16(9)11(10)13/h2-6H,13H2,1H3. The number of methoxy groups -OCH3 is 1. The fraction of sp³-hybridized carbons (Fsp3) is 0.0833. The lowest BCUT2D eigenvalue weighted by atomic mass is 10.1. The van der Waals surface area contributed by atoms with Crippen molar-refractivity contribution in [2.45, 2.75) is 0 Å². The van der Waals surface area contributed by atoms with Gasteiger partial charge < -0.3 is 10.5 Å². The van der Waals surface area contributed by atoms with Crippen molar-refractivity contribution < 1.29 is 9.53 Å². The monoisotopic (exact) mass is 242 g/mol. The minimum atomic E-state index is -0.485. The molecule has 2 N–H and O–H groups in total. The van der Waals surface area contributed by atoms with Gasteiger partial charge in [-0.2, -0.15) is 4.52 Å². The number of nitrogen functional groups attached to an aromatic ring is 1. The molecule has 0 radical (unpaired) electrons. The molecule has 6 nitrogen and oxygen atoms in total. The van der Waals surface area contributed by atoms with Crippen LogP contribution in [0.1, 0.15) is 10.4 Å². The normalized spacial score (nSPS) is 10.9. The Labute approximate surface area is 102 Å². The molecule has 0 amide bonds. The van der Waals surface area contributed by atoms with E-state index in [2.05, 4.69) is 10.3 Å². The number of rotatable bonds is 1. The SMILES string of the molecule is COC(=O)c1c(N)n2nncc2c2ccccc12. The number of nitrogens with zero attached hydrogens (tertiary/aromatic N) is 3. The summed E-state index contributed by atoms with van der Waals surface area (Å²) in [4.78, 5) is 11.9. The van der Waals surface area contributed by atoms with Crippen molar-refractivity contribution in [2.75, 3.05) is 12.8 Å². The van der Waals surface area contributed by atoms with Gasteiger partial charge in [-0.15, -0.1) is 5.10 Å². The van der Waals surface area contributed by atoms with Gasteiger partial charge in [0.2, 0.25) is 0 Å². The van der Waals surface area contributed by atoms with Crippen LogP contribution in [0.15, 0.2) is 30.5 Å². The number of benzene rings is 1. The van der Waals surface area contributed by atoms with Crippen molar-refractivity contribution in [3.05, 3.63) is 36.0 Å². The van der Waals surface area contributed by atoms with Gasteiger partial charge in [-0.05, 0) is 0 Å². The highest BCUT2D eigenvalue weighted by atomic mass is 16.5. The molecule has 0 saturated heterocycles. The average Bonchev–Trinajstić information content (AvgIpc) is 2.88. The summed E-state index contributed by atoms with van der Waals surface area (Å²) in [6, 6.07) is 7.44. The van der Waals surface area contributed by atoms with E-state index < -0.39 is 5.97 Å². The first kappa shape index (κ1) is 10.5. The lowest BCUT2D eigenvalue weighted by Gasteiger charge is -2.10. The van der Waals surface area contributed by atoms with Crippen LogP contribution in [0.3, 0.4) is 0 Å². The smallest absolute Gasteiger partial charge is 0.342 e. The molecule has 6 heteroatoms. The van der Waals surface area contributed by atoms with Crippen molar-refractivity contribution in [1.82, 2.24) is 14.8 Å². The third kappa shape index (κ3) is 1.26. The highest BCUT2D eigenvalue weighted by Crippen LogP contribution is 2.28. The largest absolute Gasteiger partial charge is 0.465 e. The summed E-state index contributed by atoms with van der Waals surface area (Å²) < 4.78 is 6.21. The van der Waals surface area contributed by atoms with Gasteiger partial charge in [0.1, 0.15) is 11.4 Å². The summed E-state index contributed by atoms with van der Waals surface area (Å²) in [5.41, 5.74) is 7.04. The number of nitrogens with two attached hydrogens (primary N) is 1. The van der Waals surface area contributed by atoms with Crippen molar-refractivity contribution in [2.24, 2.45) is 0 Å². The Kier molecular flexibility index (Phi) is 2.16. The van der Waals surface area contributed by atoms with Gasteiger partial charge in [-0.1, -0.05) is 29.5 Å². The first-order valence-corrected chi connectivity index (χ1v) is 5.33. The van der Waals surface area contributed by atoms with Gasteiger partial charge in [0, 0.05) is 10.8 Å². The predicted molar refractivity (Wildman–Crippen MR) is 66.2 cm³/mol. The molecule has 2 aromatic heterocycles. The summed E-state index contributed by atoms with van der Waals surface area (Å²) in [6.07, 6.45) is 1.61. The molecule has 0 aliphatic carbocycles. The third-order valence-corrected chi connectivity index (χ3v) is 2.90. The molecule has 18 heavy (non-hydrogen) atoms. The number of ether oxygens (including phenoxy) is 1. The van der Waals surface area contributed by atoms with Gasteiger partial charge in [0.15, 0.2) is 0 Å². The molecule has 90 valence electrons. The Bertz CT molecular complexity index is 763. The predicted octanol–water partition coefficient (Wildman–Crippen LogP) is 1.25.